The van der Waals surface area contributed by atoms with Crippen molar-refractivity contribution in [2.24, 2.45) is 5.92 Å². The van der Waals surface area contributed by atoms with E-state index in [-0.39, 0.29) is 54.9 Å². The molecule has 4 aliphatic heterocycles. The quantitative estimate of drug-likeness (QED) is 0.0928. The third kappa shape index (κ3) is 10.9. The van der Waals surface area contributed by atoms with Gasteiger partial charge >= 0.3 is 0 Å². The molecule has 0 radical (unpaired) electrons. The number of pyridine rings is 1. The van der Waals surface area contributed by atoms with Crippen molar-refractivity contribution in [3.05, 3.63) is 95.3 Å². The van der Waals surface area contributed by atoms with Gasteiger partial charge < -0.3 is 24.8 Å². The fourth-order valence-corrected chi connectivity index (χ4v) is 9.11. The number of hydrogen-bond acceptors (Lipinski definition) is 11. The number of unbranched alkanes of at least 4 members (excludes halogenated alkanes) is 1. The fourth-order valence-electron chi connectivity index (χ4n) is 8.18. The number of likely N-dealkylation sites (tertiary alicyclic amines) is 1. The molecule has 0 bridgehead atoms. The topological polar surface area (TPSA) is 179 Å². The fraction of sp³-hybridized carbons (Fsp3) is 0.422. The zero-order valence-electron chi connectivity index (χ0n) is 34.1. The van der Waals surface area contributed by atoms with Gasteiger partial charge in [0.25, 0.3) is 17.7 Å². The highest BCUT2D eigenvalue weighted by molar-refractivity contribution is 7.99. The standard InChI is InChI=1S/C45H51N7O8S/c53-38(15-9-32-6-4-19-46-29-32)47-20-2-1-5-31-17-21-51(22-18-31)43(57)33-10-12-34(13-11-33)49-23-25-50(26-24-49)40(55)30-60-27-28-61-37-8-3-7-35-41(37)45(59)52(44(35)58)36-14-16-39(54)48-42(36)56/h3-4,6-13,15,19,29,31,36H,1-2,5,14,16-18,20-28,30H2,(H,47,53)(H,48,54,56)/b15-9+. The van der Waals surface area contributed by atoms with Crippen molar-refractivity contribution in [1.29, 1.82) is 0 Å². The molecule has 3 fully saturated rings. The van der Waals surface area contributed by atoms with E-state index in [0.29, 0.717) is 54.9 Å². The molecule has 7 amide bonds. The van der Waals surface area contributed by atoms with Crippen LogP contribution in [0.5, 0.6) is 0 Å². The molecule has 0 saturated carbocycles. The Morgan fingerprint density at radius 3 is 2.39 bits per heavy atom. The van der Waals surface area contributed by atoms with Crippen LogP contribution in [0.4, 0.5) is 5.69 Å². The predicted octanol–water partition coefficient (Wildman–Crippen LogP) is 3.79. The van der Waals surface area contributed by atoms with Crippen LogP contribution in [-0.4, -0.2) is 132 Å². The lowest BCUT2D eigenvalue weighted by molar-refractivity contribution is -0.137. The number of benzene rings is 2. The Balaban J connectivity index is 0.761. The lowest BCUT2D eigenvalue weighted by Gasteiger charge is -2.36. The number of piperazine rings is 1. The Morgan fingerprint density at radius 1 is 0.869 bits per heavy atom. The number of piperidine rings is 2. The minimum absolute atomic E-state index is 0.0496. The van der Waals surface area contributed by atoms with E-state index in [9.17, 15) is 33.6 Å². The molecule has 0 aliphatic carbocycles. The first kappa shape index (κ1) is 43.2. The Bertz CT molecular complexity index is 2130. The number of hydrogen-bond donors (Lipinski definition) is 2. The van der Waals surface area contributed by atoms with Gasteiger partial charge in [-0.25, -0.2) is 0 Å². The van der Waals surface area contributed by atoms with Crippen molar-refractivity contribution in [3.8, 4) is 0 Å². The largest absolute Gasteiger partial charge is 0.371 e. The second-order valence-electron chi connectivity index (χ2n) is 15.6. The van der Waals surface area contributed by atoms with Gasteiger partial charge in [0.15, 0.2) is 0 Å². The first-order valence-electron chi connectivity index (χ1n) is 21.0. The molecule has 0 spiro atoms. The van der Waals surface area contributed by atoms with E-state index in [1.807, 2.05) is 41.3 Å². The molecule has 2 aromatic carbocycles. The summed E-state index contributed by atoms with van der Waals surface area (Å²) in [6, 6.07) is 15.4. The number of nitrogens with zero attached hydrogens (tertiary/aromatic N) is 5. The minimum Gasteiger partial charge on any atom is -0.371 e. The summed E-state index contributed by atoms with van der Waals surface area (Å²) in [7, 11) is 0. The molecule has 1 atom stereocenters. The SMILES string of the molecule is O=C(/C=C/c1cccnc1)NCCCCC1CCN(C(=O)c2ccc(N3CCN(C(=O)COCCSc4cccc5c4C(=O)N(C4CCC(=O)NC4=O)C5=O)CC3)cc2)CC1. The molecule has 320 valence electrons. The summed E-state index contributed by atoms with van der Waals surface area (Å²) in [4.78, 5) is 100. The number of carbonyl (C=O) groups is 7. The van der Waals surface area contributed by atoms with E-state index in [1.165, 1.54) is 17.8 Å². The lowest BCUT2D eigenvalue weighted by atomic mass is 9.91. The Morgan fingerprint density at radius 2 is 1.66 bits per heavy atom. The van der Waals surface area contributed by atoms with E-state index in [4.69, 9.17) is 4.74 Å². The van der Waals surface area contributed by atoms with Crippen molar-refractivity contribution in [1.82, 2.24) is 30.3 Å². The van der Waals surface area contributed by atoms with Gasteiger partial charge in [-0.1, -0.05) is 25.0 Å². The number of imide groups is 2. The van der Waals surface area contributed by atoms with Crippen LogP contribution < -0.4 is 15.5 Å². The minimum atomic E-state index is -1.03. The summed E-state index contributed by atoms with van der Waals surface area (Å²) in [5.74, 6) is -1.33. The van der Waals surface area contributed by atoms with Crippen LogP contribution in [-0.2, 0) is 23.9 Å². The molecular formula is C45H51N7O8S. The van der Waals surface area contributed by atoms with Gasteiger partial charge in [-0.05, 0) is 85.7 Å². The van der Waals surface area contributed by atoms with Crippen molar-refractivity contribution >= 4 is 64.9 Å². The first-order valence-corrected chi connectivity index (χ1v) is 22.0. The monoisotopic (exact) mass is 849 g/mol. The van der Waals surface area contributed by atoms with Gasteiger partial charge in [-0.15, -0.1) is 11.8 Å². The molecule has 1 unspecified atom stereocenters. The lowest BCUT2D eigenvalue weighted by Crippen LogP contribution is -2.54. The van der Waals surface area contributed by atoms with Crippen molar-refractivity contribution in [3.63, 3.8) is 0 Å². The van der Waals surface area contributed by atoms with Crippen LogP contribution >= 0.6 is 11.8 Å². The summed E-state index contributed by atoms with van der Waals surface area (Å²) in [5, 5.41) is 5.15. The van der Waals surface area contributed by atoms with Crippen molar-refractivity contribution < 1.29 is 38.3 Å². The first-order chi connectivity index (χ1) is 29.7. The molecule has 2 N–H and O–H groups in total. The second kappa shape index (κ2) is 20.6. The number of aromatic nitrogens is 1. The molecule has 61 heavy (non-hydrogen) atoms. The molecular weight excluding hydrogens is 799 g/mol. The smallest absolute Gasteiger partial charge is 0.263 e. The molecule has 3 saturated heterocycles. The van der Waals surface area contributed by atoms with Gasteiger partial charge in [-0.2, -0.15) is 0 Å². The Kier molecular flexibility index (Phi) is 14.6. The predicted molar refractivity (Wildman–Crippen MR) is 229 cm³/mol. The maximum Gasteiger partial charge on any atom is 0.263 e. The van der Waals surface area contributed by atoms with Crippen LogP contribution in [0.2, 0.25) is 0 Å². The van der Waals surface area contributed by atoms with E-state index in [2.05, 4.69) is 20.5 Å². The van der Waals surface area contributed by atoms with Gasteiger partial charge in [-0.3, -0.25) is 48.8 Å². The van der Waals surface area contributed by atoms with Crippen LogP contribution in [0.1, 0.15) is 81.6 Å². The van der Waals surface area contributed by atoms with Gasteiger partial charge in [0.05, 0.1) is 17.7 Å². The summed E-state index contributed by atoms with van der Waals surface area (Å²) in [5.41, 5.74) is 3.03. The molecule has 4 aliphatic rings. The highest BCUT2D eigenvalue weighted by atomic mass is 32.2. The van der Waals surface area contributed by atoms with E-state index >= 15 is 0 Å². The number of ether oxygens (including phenoxy) is 1. The molecule has 16 heteroatoms. The van der Waals surface area contributed by atoms with E-state index in [1.54, 1.807) is 41.6 Å². The maximum absolute atomic E-state index is 13.3. The number of fused-ring (bicyclic) bond motifs is 1. The van der Waals surface area contributed by atoms with E-state index < -0.39 is 29.7 Å². The molecule has 7 rings (SSSR count). The van der Waals surface area contributed by atoms with Gasteiger partial charge in [0.2, 0.25) is 23.6 Å². The van der Waals surface area contributed by atoms with Gasteiger partial charge in [0.1, 0.15) is 12.6 Å². The molecule has 3 aromatic rings. The Hall–Kier alpha value is -5.87. The van der Waals surface area contributed by atoms with Gasteiger partial charge in [0, 0.05) is 92.6 Å². The number of nitrogens with one attached hydrogen (secondary N) is 2. The number of amides is 7. The van der Waals surface area contributed by atoms with Crippen molar-refractivity contribution in [2.45, 2.75) is 55.9 Å². The summed E-state index contributed by atoms with van der Waals surface area (Å²) in [6.07, 6.45) is 11.8. The number of thioether (sulfide) groups is 1. The molecule has 15 nitrogen and oxygen atoms in total. The van der Waals surface area contributed by atoms with Crippen LogP contribution in [0.3, 0.4) is 0 Å². The van der Waals surface area contributed by atoms with Crippen LogP contribution in [0, 0.1) is 5.92 Å². The summed E-state index contributed by atoms with van der Waals surface area (Å²) >= 11 is 1.34. The maximum atomic E-state index is 13.3. The zero-order valence-corrected chi connectivity index (χ0v) is 34.9. The zero-order chi connectivity index (χ0) is 42.7. The second-order valence-corrected chi connectivity index (χ2v) is 16.7. The Labute approximate surface area is 359 Å². The molecule has 5 heterocycles. The average molecular weight is 850 g/mol. The number of anilines is 1. The molecule has 1 aromatic heterocycles. The number of rotatable bonds is 16. The van der Waals surface area contributed by atoms with E-state index in [0.717, 1.165) is 61.3 Å². The average Bonchev–Trinajstić information content (AvgIpc) is 3.54. The third-order valence-corrected chi connectivity index (χ3v) is 12.6. The summed E-state index contributed by atoms with van der Waals surface area (Å²) in [6.45, 7) is 4.69. The normalized spacial score (nSPS) is 18.5. The van der Waals surface area contributed by atoms with Crippen LogP contribution in [0.25, 0.3) is 6.08 Å². The number of carbonyl (C=O) groups excluding carboxylic acids is 7. The third-order valence-electron chi connectivity index (χ3n) is 11.6. The highest BCUT2D eigenvalue weighted by Crippen LogP contribution is 2.34. The van der Waals surface area contributed by atoms with Crippen LogP contribution in [0.15, 0.2) is 78.0 Å². The van der Waals surface area contributed by atoms with Crippen molar-refractivity contribution in [2.75, 3.05) is 69.7 Å². The summed E-state index contributed by atoms with van der Waals surface area (Å²) < 4.78 is 5.71. The highest BCUT2D eigenvalue weighted by Gasteiger charge is 2.45.